The molecule has 1 aliphatic rings. The molecule has 0 aromatic carbocycles. The number of aliphatic hydroxyl groups is 5. The van der Waals surface area contributed by atoms with Gasteiger partial charge in [0, 0.05) is 6.42 Å². The number of aliphatic hydroxyl groups excluding tert-OH is 5. The summed E-state index contributed by atoms with van der Waals surface area (Å²) in [5.41, 5.74) is 0. The number of carbonyl (C=O) groups is 1. The van der Waals surface area contributed by atoms with Crippen LogP contribution in [0, 0.1) is 0 Å². The highest BCUT2D eigenvalue weighted by molar-refractivity contribution is 5.76. The van der Waals surface area contributed by atoms with E-state index in [1.165, 1.54) is 167 Å². The van der Waals surface area contributed by atoms with Crippen molar-refractivity contribution >= 4 is 5.91 Å². The quantitative estimate of drug-likeness (QED) is 0.0265. The molecular formula is C48H91NO8. The largest absolute Gasteiger partial charge is 0.394 e. The Morgan fingerprint density at radius 1 is 0.579 bits per heavy atom. The van der Waals surface area contributed by atoms with Gasteiger partial charge < -0.3 is 40.3 Å². The summed E-state index contributed by atoms with van der Waals surface area (Å²) in [6, 6.07) is -0.797. The summed E-state index contributed by atoms with van der Waals surface area (Å²) in [6.07, 6.45) is 40.7. The first-order valence-electron chi connectivity index (χ1n) is 24.1. The molecule has 7 atom stereocenters. The lowest BCUT2D eigenvalue weighted by Gasteiger charge is -2.40. The van der Waals surface area contributed by atoms with Crippen LogP contribution in [-0.2, 0) is 14.3 Å². The van der Waals surface area contributed by atoms with Gasteiger partial charge in [-0.3, -0.25) is 4.79 Å². The molecule has 336 valence electrons. The van der Waals surface area contributed by atoms with E-state index in [0.717, 1.165) is 32.1 Å². The average molecular weight is 810 g/mol. The first kappa shape index (κ1) is 53.7. The Hall–Kier alpha value is -1.33. The molecule has 0 aliphatic carbocycles. The minimum Gasteiger partial charge on any atom is -0.394 e. The van der Waals surface area contributed by atoms with Crippen molar-refractivity contribution in [2.45, 2.75) is 262 Å². The molecule has 0 aromatic rings. The van der Waals surface area contributed by atoms with Crippen LogP contribution in [0.4, 0.5) is 0 Å². The predicted octanol–water partition coefficient (Wildman–Crippen LogP) is 10.3. The molecule has 1 rings (SSSR count). The second-order valence-corrected chi connectivity index (χ2v) is 16.9. The Kier molecular flexibility index (Phi) is 36.6. The van der Waals surface area contributed by atoms with Gasteiger partial charge in [-0.25, -0.2) is 0 Å². The third-order valence-corrected chi connectivity index (χ3v) is 11.5. The second-order valence-electron chi connectivity index (χ2n) is 16.9. The molecule has 0 bridgehead atoms. The van der Waals surface area contributed by atoms with Gasteiger partial charge in [0.05, 0.1) is 25.4 Å². The number of hydrogen-bond donors (Lipinski definition) is 6. The van der Waals surface area contributed by atoms with Crippen LogP contribution in [-0.4, -0.2) is 87.5 Å². The third-order valence-electron chi connectivity index (χ3n) is 11.5. The number of amides is 1. The van der Waals surface area contributed by atoms with Crippen LogP contribution < -0.4 is 5.32 Å². The van der Waals surface area contributed by atoms with Gasteiger partial charge in [0.1, 0.15) is 24.4 Å². The minimum atomic E-state index is -1.56. The molecule has 57 heavy (non-hydrogen) atoms. The molecule has 6 N–H and O–H groups in total. The van der Waals surface area contributed by atoms with Gasteiger partial charge in [-0.1, -0.05) is 199 Å². The van der Waals surface area contributed by atoms with E-state index in [1.54, 1.807) is 6.08 Å². The molecule has 1 saturated heterocycles. The molecule has 1 amide bonds. The first-order chi connectivity index (χ1) is 27.8. The normalized spacial score (nSPS) is 21.1. The van der Waals surface area contributed by atoms with E-state index in [4.69, 9.17) is 9.47 Å². The van der Waals surface area contributed by atoms with Crippen molar-refractivity contribution in [1.82, 2.24) is 5.32 Å². The van der Waals surface area contributed by atoms with Crippen molar-refractivity contribution in [1.29, 1.82) is 0 Å². The lowest BCUT2D eigenvalue weighted by Crippen LogP contribution is -2.60. The van der Waals surface area contributed by atoms with Crippen LogP contribution in [0.3, 0.4) is 0 Å². The molecule has 9 nitrogen and oxygen atoms in total. The van der Waals surface area contributed by atoms with Gasteiger partial charge in [0.25, 0.3) is 0 Å². The lowest BCUT2D eigenvalue weighted by molar-refractivity contribution is -0.302. The van der Waals surface area contributed by atoms with Crippen molar-refractivity contribution < 1.29 is 39.8 Å². The lowest BCUT2D eigenvalue weighted by atomic mass is 9.99. The zero-order chi connectivity index (χ0) is 41.6. The minimum absolute atomic E-state index is 0.186. The Bertz CT molecular complexity index is 945. The summed E-state index contributed by atoms with van der Waals surface area (Å²) in [6.45, 7) is 3.56. The van der Waals surface area contributed by atoms with E-state index in [1.807, 2.05) is 13.0 Å². The van der Waals surface area contributed by atoms with Crippen LogP contribution >= 0.6 is 0 Å². The Morgan fingerprint density at radius 2 is 1.02 bits per heavy atom. The predicted molar refractivity (Wildman–Crippen MR) is 235 cm³/mol. The van der Waals surface area contributed by atoms with E-state index in [0.29, 0.717) is 6.42 Å². The summed E-state index contributed by atoms with van der Waals surface area (Å²) < 4.78 is 11.1. The van der Waals surface area contributed by atoms with Gasteiger partial charge in [0.15, 0.2) is 6.29 Å². The zero-order valence-corrected chi connectivity index (χ0v) is 36.9. The zero-order valence-electron chi connectivity index (χ0n) is 36.9. The molecule has 0 spiro atoms. The van der Waals surface area contributed by atoms with Crippen molar-refractivity contribution in [3.8, 4) is 0 Å². The van der Waals surface area contributed by atoms with Gasteiger partial charge >= 0.3 is 0 Å². The van der Waals surface area contributed by atoms with Gasteiger partial charge in [-0.05, 0) is 38.5 Å². The highest BCUT2D eigenvalue weighted by Crippen LogP contribution is 2.23. The van der Waals surface area contributed by atoms with E-state index >= 15 is 0 Å². The molecule has 0 radical (unpaired) electrons. The fourth-order valence-corrected chi connectivity index (χ4v) is 7.63. The van der Waals surface area contributed by atoms with Crippen molar-refractivity contribution in [2.24, 2.45) is 0 Å². The first-order valence-corrected chi connectivity index (χ1v) is 24.1. The van der Waals surface area contributed by atoms with Crippen LogP contribution in [0.15, 0.2) is 24.3 Å². The summed E-state index contributed by atoms with van der Waals surface area (Å²) >= 11 is 0. The molecule has 0 aromatic heterocycles. The number of hydrogen-bond acceptors (Lipinski definition) is 8. The molecular weight excluding hydrogens is 719 g/mol. The summed E-state index contributed by atoms with van der Waals surface area (Å²) in [5.74, 6) is -0.186. The third kappa shape index (κ3) is 29.5. The van der Waals surface area contributed by atoms with Crippen LogP contribution in [0.5, 0.6) is 0 Å². The van der Waals surface area contributed by atoms with Crippen molar-refractivity contribution in [3.05, 3.63) is 24.3 Å². The van der Waals surface area contributed by atoms with E-state index in [-0.39, 0.29) is 12.5 Å². The number of nitrogens with one attached hydrogen (secondary N) is 1. The van der Waals surface area contributed by atoms with Crippen molar-refractivity contribution in [2.75, 3.05) is 13.2 Å². The molecule has 1 fully saturated rings. The number of unbranched alkanes of at least 4 members (excludes halogenated alkanes) is 28. The van der Waals surface area contributed by atoms with Gasteiger partial charge in [-0.2, -0.15) is 0 Å². The van der Waals surface area contributed by atoms with Gasteiger partial charge in [-0.15, -0.1) is 0 Å². The maximum absolute atomic E-state index is 12.8. The highest BCUT2D eigenvalue weighted by atomic mass is 16.7. The van der Waals surface area contributed by atoms with Crippen LogP contribution in [0.25, 0.3) is 0 Å². The summed E-state index contributed by atoms with van der Waals surface area (Å²) in [7, 11) is 0. The van der Waals surface area contributed by atoms with Crippen molar-refractivity contribution in [3.63, 3.8) is 0 Å². The fourth-order valence-electron chi connectivity index (χ4n) is 7.63. The number of ether oxygens (including phenoxy) is 2. The number of allylic oxidation sites excluding steroid dienone is 3. The smallest absolute Gasteiger partial charge is 0.220 e. The molecule has 1 heterocycles. The van der Waals surface area contributed by atoms with Crippen LogP contribution in [0.2, 0.25) is 0 Å². The summed E-state index contributed by atoms with van der Waals surface area (Å²) in [5, 5.41) is 53.4. The maximum atomic E-state index is 12.8. The molecule has 1 aliphatic heterocycles. The maximum Gasteiger partial charge on any atom is 0.220 e. The van der Waals surface area contributed by atoms with Crippen LogP contribution in [0.1, 0.15) is 219 Å². The summed E-state index contributed by atoms with van der Waals surface area (Å²) in [4.78, 5) is 12.8. The second kappa shape index (κ2) is 38.8. The Labute approximate surface area is 349 Å². The highest BCUT2D eigenvalue weighted by Gasteiger charge is 2.44. The SMILES string of the molecule is CCC/C=C/C(O)C(COC1OC(CO)C(O)C(O)C1O)NC(=O)CCCCCCCCCCCCCCCCCCCCC/C=C\CCCCCCCCCC. The monoisotopic (exact) mass is 810 g/mol. The number of rotatable bonds is 40. The fraction of sp³-hybridized carbons (Fsp3) is 0.896. The van der Waals surface area contributed by atoms with Gasteiger partial charge in [0.2, 0.25) is 5.91 Å². The molecule has 0 saturated carbocycles. The molecule has 7 unspecified atom stereocenters. The standard InChI is InChI=1S/C48H91NO8/c1-3-5-7-8-9-10-11-12-13-14-15-16-17-18-19-20-21-22-23-24-25-26-27-28-29-30-31-32-33-34-36-38-44(52)49-41(42(51)37-35-6-4-2)40-56-48-47(55)46(54)45(53)43(39-50)57-48/h14-15,35,37,41-43,45-48,50-51,53-55H,3-13,16-34,36,38-40H2,1-2H3,(H,49,52)/b15-14-,37-35+. The van der Waals surface area contributed by atoms with E-state index in [2.05, 4.69) is 24.4 Å². The Balaban J connectivity index is 1.97. The molecule has 9 heteroatoms. The average Bonchev–Trinajstić information content (AvgIpc) is 3.21. The topological polar surface area (TPSA) is 149 Å². The van der Waals surface area contributed by atoms with E-state index < -0.39 is 49.5 Å². The van der Waals surface area contributed by atoms with E-state index in [9.17, 15) is 30.3 Å². The Morgan fingerprint density at radius 3 is 1.46 bits per heavy atom. The number of carbonyl (C=O) groups excluding carboxylic acids is 1.